The minimum Gasteiger partial charge on any atom is -0.326 e. The fourth-order valence-corrected chi connectivity index (χ4v) is 3.35. The van der Waals surface area contributed by atoms with Crippen molar-refractivity contribution in [1.29, 1.82) is 0 Å². The molecule has 1 aromatic carbocycles. The number of nitrogens with zero attached hydrogens (tertiary/aromatic N) is 1. The highest BCUT2D eigenvalue weighted by atomic mass is 32.1. The highest BCUT2D eigenvalue weighted by molar-refractivity contribution is 7.13. The van der Waals surface area contributed by atoms with E-state index < -0.39 is 11.7 Å². The van der Waals surface area contributed by atoms with Crippen LogP contribution in [0.1, 0.15) is 43.4 Å². The summed E-state index contributed by atoms with van der Waals surface area (Å²) < 4.78 is 13.3. The molecule has 0 radical (unpaired) electrons. The average Bonchev–Trinajstić information content (AvgIpc) is 2.94. The molecule has 0 unspecified atom stereocenters. The Bertz CT molecular complexity index is 772. The van der Waals surface area contributed by atoms with Gasteiger partial charge in [-0.15, -0.1) is 11.3 Å². The molecule has 0 spiro atoms. The molecular formula is C16H16FN3O2S. The number of anilines is 2. The number of nitrogens with one attached hydrogen (secondary N) is 2. The van der Waals surface area contributed by atoms with Crippen LogP contribution in [0.3, 0.4) is 0 Å². The Morgan fingerprint density at radius 1 is 1.48 bits per heavy atom. The number of aromatic nitrogens is 1. The molecule has 5 nitrogen and oxygen atoms in total. The largest absolute Gasteiger partial charge is 0.326 e. The minimum absolute atomic E-state index is 0.0346. The first kappa shape index (κ1) is 15.6. The predicted octanol–water partition coefficient (Wildman–Crippen LogP) is 3.47. The summed E-state index contributed by atoms with van der Waals surface area (Å²) in [5.74, 6) is -1.43. The fraction of sp³-hybridized carbons (Fsp3) is 0.312. The first-order valence-corrected chi connectivity index (χ1v) is 8.17. The lowest BCUT2D eigenvalue weighted by atomic mass is 9.90. The first-order chi connectivity index (χ1) is 10.9. The monoisotopic (exact) mass is 333 g/mol. The van der Waals surface area contributed by atoms with Crippen LogP contribution in [0.5, 0.6) is 0 Å². The van der Waals surface area contributed by atoms with Gasteiger partial charge in [-0.2, -0.15) is 0 Å². The highest BCUT2D eigenvalue weighted by Crippen LogP contribution is 2.34. The molecule has 0 saturated carbocycles. The molecule has 1 aliphatic rings. The highest BCUT2D eigenvalue weighted by Gasteiger charge is 2.31. The third-order valence-electron chi connectivity index (χ3n) is 3.71. The van der Waals surface area contributed by atoms with Crippen molar-refractivity contribution in [2.75, 3.05) is 10.6 Å². The van der Waals surface area contributed by atoms with Crippen LogP contribution in [0.15, 0.2) is 23.6 Å². The van der Waals surface area contributed by atoms with Crippen LogP contribution in [0, 0.1) is 5.82 Å². The summed E-state index contributed by atoms with van der Waals surface area (Å²) in [6.07, 6.45) is 0.0346. The van der Waals surface area contributed by atoms with Gasteiger partial charge < -0.3 is 10.6 Å². The summed E-state index contributed by atoms with van der Waals surface area (Å²) >= 11 is 1.35. The molecule has 2 aromatic rings. The topological polar surface area (TPSA) is 71.1 Å². The molecular weight excluding hydrogens is 317 g/mol. The van der Waals surface area contributed by atoms with E-state index in [4.69, 9.17) is 0 Å². The van der Waals surface area contributed by atoms with Gasteiger partial charge in [-0.1, -0.05) is 19.9 Å². The molecule has 1 aromatic heterocycles. The van der Waals surface area contributed by atoms with Crippen molar-refractivity contribution in [3.63, 3.8) is 0 Å². The molecule has 0 aliphatic carbocycles. The Labute approximate surface area is 136 Å². The average molecular weight is 333 g/mol. The predicted molar refractivity (Wildman–Crippen MR) is 87.2 cm³/mol. The Morgan fingerprint density at radius 2 is 2.26 bits per heavy atom. The second kappa shape index (κ2) is 6.08. The molecule has 2 N–H and O–H groups in total. The fourth-order valence-electron chi connectivity index (χ4n) is 2.47. The number of thiazole rings is 1. The first-order valence-electron chi connectivity index (χ1n) is 7.29. The standard InChI is InChI=1S/C16H16FN3O2S/c1-8(2)13-7-23-16(19-13)20-15(22)11-6-14(21)18-12-5-9(17)3-4-10(11)12/h3-5,7-8,11H,6H2,1-2H3,(H,18,21)(H,19,20,22)/t11-/m1/s1. The summed E-state index contributed by atoms with van der Waals surface area (Å²) in [7, 11) is 0. The van der Waals surface area contributed by atoms with Crippen LogP contribution < -0.4 is 10.6 Å². The van der Waals surface area contributed by atoms with Crippen molar-refractivity contribution < 1.29 is 14.0 Å². The van der Waals surface area contributed by atoms with E-state index in [1.165, 1.54) is 29.5 Å². The molecule has 0 bridgehead atoms. The van der Waals surface area contributed by atoms with Crippen molar-refractivity contribution in [3.8, 4) is 0 Å². The maximum absolute atomic E-state index is 13.3. The van der Waals surface area contributed by atoms with Gasteiger partial charge in [0.05, 0.1) is 11.6 Å². The summed E-state index contributed by atoms with van der Waals surface area (Å²) in [5.41, 5.74) is 1.88. The van der Waals surface area contributed by atoms with E-state index in [2.05, 4.69) is 15.6 Å². The van der Waals surface area contributed by atoms with Gasteiger partial charge in [-0.25, -0.2) is 9.37 Å². The Kier molecular flexibility index (Phi) is 4.12. The van der Waals surface area contributed by atoms with E-state index in [1.807, 2.05) is 19.2 Å². The molecule has 7 heteroatoms. The van der Waals surface area contributed by atoms with E-state index in [0.717, 1.165) is 5.69 Å². The van der Waals surface area contributed by atoms with Crippen LogP contribution in [-0.4, -0.2) is 16.8 Å². The lowest BCUT2D eigenvalue weighted by Gasteiger charge is -2.24. The van der Waals surface area contributed by atoms with Gasteiger partial charge in [0.1, 0.15) is 5.82 Å². The Hall–Kier alpha value is -2.28. The molecule has 23 heavy (non-hydrogen) atoms. The Morgan fingerprint density at radius 3 is 2.96 bits per heavy atom. The van der Waals surface area contributed by atoms with Crippen LogP contribution in [-0.2, 0) is 9.59 Å². The van der Waals surface area contributed by atoms with Gasteiger partial charge in [0, 0.05) is 17.5 Å². The van der Waals surface area contributed by atoms with Gasteiger partial charge in [-0.3, -0.25) is 9.59 Å². The molecule has 1 atom stereocenters. The summed E-state index contributed by atoms with van der Waals surface area (Å²) in [4.78, 5) is 28.7. The zero-order valence-corrected chi connectivity index (χ0v) is 13.5. The maximum atomic E-state index is 13.3. The van der Waals surface area contributed by atoms with Crippen LogP contribution in [0.2, 0.25) is 0 Å². The number of hydrogen-bond donors (Lipinski definition) is 2. The zero-order valence-electron chi connectivity index (χ0n) is 12.7. The number of hydrogen-bond acceptors (Lipinski definition) is 4. The molecule has 2 amide bonds. The molecule has 120 valence electrons. The Balaban J connectivity index is 1.83. The summed E-state index contributed by atoms with van der Waals surface area (Å²) in [6.45, 7) is 4.05. The van der Waals surface area contributed by atoms with Crippen molar-refractivity contribution in [1.82, 2.24) is 4.98 Å². The van der Waals surface area contributed by atoms with Crippen molar-refractivity contribution in [3.05, 3.63) is 40.7 Å². The van der Waals surface area contributed by atoms with Crippen LogP contribution in [0.4, 0.5) is 15.2 Å². The quantitative estimate of drug-likeness (QED) is 0.903. The summed E-state index contributed by atoms with van der Waals surface area (Å²) in [6, 6.07) is 4.06. The minimum atomic E-state index is -0.647. The molecule has 1 aliphatic heterocycles. The van der Waals surface area contributed by atoms with Crippen molar-refractivity contribution >= 4 is 34.0 Å². The number of carbonyl (C=O) groups is 2. The molecule has 2 heterocycles. The van der Waals surface area contributed by atoms with Crippen molar-refractivity contribution in [2.45, 2.75) is 32.1 Å². The zero-order chi connectivity index (χ0) is 16.6. The van der Waals surface area contributed by atoms with Crippen LogP contribution >= 0.6 is 11.3 Å². The smallest absolute Gasteiger partial charge is 0.234 e. The molecule has 3 rings (SSSR count). The number of carbonyl (C=O) groups excluding carboxylic acids is 2. The number of benzene rings is 1. The SMILES string of the molecule is CC(C)c1csc(NC(=O)[C@@H]2CC(=O)Nc3cc(F)ccc32)n1. The van der Waals surface area contributed by atoms with Gasteiger partial charge in [0.25, 0.3) is 0 Å². The number of rotatable bonds is 3. The number of fused-ring (bicyclic) bond motifs is 1. The lowest BCUT2D eigenvalue weighted by Crippen LogP contribution is -2.30. The van der Waals surface area contributed by atoms with E-state index in [-0.39, 0.29) is 24.2 Å². The number of halogens is 1. The maximum Gasteiger partial charge on any atom is 0.234 e. The van der Waals surface area contributed by atoms with Crippen molar-refractivity contribution in [2.24, 2.45) is 0 Å². The van der Waals surface area contributed by atoms with E-state index in [0.29, 0.717) is 16.4 Å². The van der Waals surface area contributed by atoms with Gasteiger partial charge >= 0.3 is 0 Å². The van der Waals surface area contributed by atoms with Gasteiger partial charge in [0.2, 0.25) is 11.8 Å². The summed E-state index contributed by atoms with van der Waals surface area (Å²) in [5, 5.41) is 7.76. The lowest BCUT2D eigenvalue weighted by molar-refractivity contribution is -0.123. The van der Waals surface area contributed by atoms with E-state index in [9.17, 15) is 14.0 Å². The molecule has 0 fully saturated rings. The number of amides is 2. The van der Waals surface area contributed by atoms with Crippen LogP contribution in [0.25, 0.3) is 0 Å². The van der Waals surface area contributed by atoms with E-state index in [1.54, 1.807) is 0 Å². The second-order valence-corrected chi connectivity index (χ2v) is 6.62. The second-order valence-electron chi connectivity index (χ2n) is 5.76. The van der Waals surface area contributed by atoms with Gasteiger partial charge in [-0.05, 0) is 23.6 Å². The third-order valence-corrected chi connectivity index (χ3v) is 4.49. The normalized spacial score (nSPS) is 16.9. The third kappa shape index (κ3) is 3.24. The van der Waals surface area contributed by atoms with Gasteiger partial charge in [0.15, 0.2) is 5.13 Å². The molecule has 0 saturated heterocycles. The van der Waals surface area contributed by atoms with E-state index >= 15 is 0 Å².